The van der Waals surface area contributed by atoms with Crippen LogP contribution in [0, 0.1) is 0 Å². The van der Waals surface area contributed by atoms with Crippen LogP contribution in [-0.2, 0) is 4.74 Å². The molecule has 0 bridgehead atoms. The molecule has 0 rings (SSSR count). The molecule has 0 aromatic rings. The first-order valence-electron chi connectivity index (χ1n) is 1.61. The summed E-state index contributed by atoms with van der Waals surface area (Å²) in [6, 6.07) is 0. The topological polar surface area (TPSA) is 9.23 Å². The monoisotopic (exact) mass is 86.0 g/mol. The predicted molar refractivity (Wildman–Crippen MR) is 22.4 cm³/mol. The number of methoxy groups -OCH3 is 1. The average Bonchev–Trinajstić information content (AvgIpc) is 1.41. The van der Waals surface area contributed by atoms with Crippen molar-refractivity contribution in [2.45, 2.75) is 5.28 Å². The molecule has 0 saturated heterocycles. The fourth-order valence-corrected chi connectivity index (χ4v) is 0.354. The van der Waals surface area contributed by atoms with Crippen LogP contribution in [0.2, 0.25) is 5.28 Å². The van der Waals surface area contributed by atoms with Gasteiger partial charge in [0.15, 0.2) is 0 Å². The minimum absolute atomic E-state index is 0.852. The normalized spacial score (nSPS) is 8.60. The average molecular weight is 86.1 g/mol. The van der Waals surface area contributed by atoms with Crippen molar-refractivity contribution in [2.75, 3.05) is 13.7 Å². The molecule has 0 atom stereocenters. The molecule has 0 aromatic heterocycles. The summed E-state index contributed by atoms with van der Waals surface area (Å²) in [5.74, 6) is 0. The van der Waals surface area contributed by atoms with Crippen LogP contribution >= 0.6 is 0 Å². The summed E-state index contributed by atoms with van der Waals surface area (Å²) in [7, 11) is 1.70. The minimum atomic E-state index is 0.852. The Kier molecular flexibility index (Phi) is 4.93. The number of rotatable bonds is 2. The van der Waals surface area contributed by atoms with E-state index in [0.29, 0.717) is 0 Å². The Morgan fingerprint density at radius 2 is 2.40 bits per heavy atom. The zero-order chi connectivity index (χ0) is 4.12. The zero-order valence-electron chi connectivity index (χ0n) is 3.40. The molecule has 2 heteroatoms. The number of hydrogen-bond donors (Lipinski definition) is 0. The second-order valence-electron chi connectivity index (χ2n) is 0.781. The van der Waals surface area contributed by atoms with Crippen LogP contribution in [0.1, 0.15) is 0 Å². The van der Waals surface area contributed by atoms with Gasteiger partial charge in [0.05, 0.1) is 0 Å². The molecule has 0 aliphatic rings. The molecular formula is C3H7AlO+2. The van der Waals surface area contributed by atoms with Crippen molar-refractivity contribution in [1.82, 2.24) is 0 Å². The van der Waals surface area contributed by atoms with Crippen molar-refractivity contribution in [3.05, 3.63) is 0 Å². The molecule has 0 radical (unpaired) electrons. The molecule has 0 N–H and O–H groups in total. The van der Waals surface area contributed by atoms with Crippen molar-refractivity contribution in [3.8, 4) is 0 Å². The Morgan fingerprint density at radius 1 is 1.80 bits per heavy atom. The van der Waals surface area contributed by atoms with E-state index in [1.54, 1.807) is 7.11 Å². The Hall–Kier alpha value is 0.492. The summed E-state index contributed by atoms with van der Waals surface area (Å²) in [5.41, 5.74) is 0. The van der Waals surface area contributed by atoms with Crippen LogP contribution in [0.3, 0.4) is 0 Å². The molecule has 0 fully saturated rings. The van der Waals surface area contributed by atoms with Crippen LogP contribution in [-0.4, -0.2) is 30.0 Å². The van der Waals surface area contributed by atoms with Crippen molar-refractivity contribution in [3.63, 3.8) is 0 Å². The van der Waals surface area contributed by atoms with Crippen LogP contribution in [0.4, 0.5) is 0 Å². The Bertz CT molecular complexity index is 14.4. The van der Waals surface area contributed by atoms with Gasteiger partial charge < -0.3 is 0 Å². The summed E-state index contributed by atoms with van der Waals surface area (Å²) in [5, 5.41) is 1.04. The molecule has 0 aromatic carbocycles. The molecule has 5 heavy (non-hydrogen) atoms. The van der Waals surface area contributed by atoms with E-state index in [-0.39, 0.29) is 0 Å². The van der Waals surface area contributed by atoms with Crippen molar-refractivity contribution < 1.29 is 4.74 Å². The van der Waals surface area contributed by atoms with Crippen LogP contribution < -0.4 is 0 Å². The first-order valence-corrected chi connectivity index (χ1v) is 2.42. The standard InChI is InChI=1S/C3H7O.Al/c1-3-4-2;/h1,3H2,2H3;/q;+2. The zero-order valence-corrected chi connectivity index (χ0v) is 4.55. The van der Waals surface area contributed by atoms with Crippen LogP contribution in [0.5, 0.6) is 0 Å². The molecule has 0 unspecified atom stereocenters. The van der Waals surface area contributed by atoms with Gasteiger partial charge in [0.25, 0.3) is 0 Å². The van der Waals surface area contributed by atoms with E-state index in [1.807, 2.05) is 0 Å². The van der Waals surface area contributed by atoms with Crippen molar-refractivity contribution in [1.29, 1.82) is 0 Å². The van der Waals surface area contributed by atoms with Gasteiger partial charge in [-0.05, 0) is 0 Å². The molecular weight excluding hydrogens is 79.0 g/mol. The summed E-state index contributed by atoms with van der Waals surface area (Å²) in [6.07, 6.45) is 0. The van der Waals surface area contributed by atoms with Gasteiger partial charge in [-0.2, -0.15) is 0 Å². The first kappa shape index (κ1) is 5.49. The second-order valence-corrected chi connectivity index (χ2v) is 1.36. The van der Waals surface area contributed by atoms with Crippen molar-refractivity contribution >= 4 is 16.3 Å². The quantitative estimate of drug-likeness (QED) is 0.437. The van der Waals surface area contributed by atoms with Crippen LogP contribution in [0.25, 0.3) is 0 Å². The molecule has 0 spiro atoms. The predicted octanol–water partition coefficient (Wildman–Crippen LogP) is 0.220. The third-order valence-electron chi connectivity index (χ3n) is 0.322. The van der Waals surface area contributed by atoms with Gasteiger partial charge >= 0.3 is 40.0 Å². The Balaban J connectivity index is 2.19. The van der Waals surface area contributed by atoms with E-state index in [2.05, 4.69) is 21.0 Å². The molecule has 26 valence electrons. The molecule has 0 aliphatic heterocycles. The van der Waals surface area contributed by atoms with E-state index >= 15 is 0 Å². The maximum absolute atomic E-state index is 4.67. The van der Waals surface area contributed by atoms with Crippen LogP contribution in [0.15, 0.2) is 0 Å². The molecule has 0 saturated carbocycles. The summed E-state index contributed by atoms with van der Waals surface area (Å²) in [6.45, 7) is 0.852. The van der Waals surface area contributed by atoms with Gasteiger partial charge in [-0.3, -0.25) is 0 Å². The Labute approximate surface area is 40.7 Å². The second kappa shape index (κ2) is 4.49. The third kappa shape index (κ3) is 4.49. The molecule has 0 aliphatic carbocycles. The van der Waals surface area contributed by atoms with Gasteiger partial charge in [0.2, 0.25) is 0 Å². The Morgan fingerprint density at radius 3 is 2.40 bits per heavy atom. The SMILES string of the molecule is COC[CH2][Al+2]. The molecule has 0 amide bonds. The maximum atomic E-state index is 4.67. The van der Waals surface area contributed by atoms with E-state index in [0.717, 1.165) is 11.9 Å². The fourth-order valence-electron chi connectivity index (χ4n) is 0.118. The molecule has 1 nitrogen and oxygen atoms in total. The van der Waals surface area contributed by atoms with E-state index < -0.39 is 0 Å². The molecule has 0 heterocycles. The number of ether oxygens (including phenoxy) is 1. The van der Waals surface area contributed by atoms with E-state index in [1.165, 1.54) is 0 Å². The van der Waals surface area contributed by atoms with E-state index in [4.69, 9.17) is 0 Å². The summed E-state index contributed by atoms with van der Waals surface area (Å²) >= 11 is 2.57. The van der Waals surface area contributed by atoms with Gasteiger partial charge in [-0.25, -0.2) is 0 Å². The first-order chi connectivity index (χ1) is 2.41. The summed E-state index contributed by atoms with van der Waals surface area (Å²) < 4.78 is 4.67. The number of hydrogen-bond acceptors (Lipinski definition) is 1. The summed E-state index contributed by atoms with van der Waals surface area (Å²) in [4.78, 5) is 0. The van der Waals surface area contributed by atoms with E-state index in [9.17, 15) is 0 Å². The van der Waals surface area contributed by atoms with Crippen molar-refractivity contribution in [2.24, 2.45) is 0 Å². The van der Waals surface area contributed by atoms with Gasteiger partial charge in [-0.1, -0.05) is 0 Å². The van der Waals surface area contributed by atoms with Gasteiger partial charge in [0.1, 0.15) is 0 Å². The van der Waals surface area contributed by atoms with Gasteiger partial charge in [-0.15, -0.1) is 0 Å². The van der Waals surface area contributed by atoms with Gasteiger partial charge in [0, 0.05) is 0 Å². The third-order valence-corrected chi connectivity index (χ3v) is 0.558. The fraction of sp³-hybridized carbons (Fsp3) is 1.00.